The summed E-state index contributed by atoms with van der Waals surface area (Å²) in [6.07, 6.45) is -2.84. The van der Waals surface area contributed by atoms with Gasteiger partial charge in [-0.1, -0.05) is 115 Å². The quantitative estimate of drug-likeness (QED) is 0.185. The molecule has 0 saturated heterocycles. The molecule has 2 nitrogen and oxygen atoms in total. The fraction of sp³-hybridized carbons (Fsp3) is 0.0476. The molecule has 2 heterocycles. The van der Waals surface area contributed by atoms with Gasteiger partial charge in [-0.15, -0.1) is 0 Å². The smallest absolute Gasteiger partial charge is 0.256 e. The topological polar surface area (TPSA) is 25.8 Å². The summed E-state index contributed by atoms with van der Waals surface area (Å²) in [5, 5.41) is 0. The number of hydrogen-bond donors (Lipinski definition) is 0. The average Bonchev–Trinajstić information content (AvgIpc) is 3.12. The van der Waals surface area contributed by atoms with Gasteiger partial charge in [0.05, 0.1) is 22.6 Å². The van der Waals surface area contributed by atoms with Crippen LogP contribution in [0.3, 0.4) is 0 Å². The minimum Gasteiger partial charge on any atom is -0.256 e. The van der Waals surface area contributed by atoms with Crippen molar-refractivity contribution < 1.29 is 13.2 Å². The van der Waals surface area contributed by atoms with Crippen molar-refractivity contribution in [1.29, 1.82) is 0 Å². The van der Waals surface area contributed by atoms with Gasteiger partial charge in [0, 0.05) is 28.5 Å². The van der Waals surface area contributed by atoms with Crippen molar-refractivity contribution in [2.45, 2.75) is 13.1 Å². The number of nitrogens with zero attached hydrogens (tertiary/aromatic N) is 2. The zero-order valence-electron chi connectivity index (χ0n) is 25.5. The van der Waals surface area contributed by atoms with Crippen LogP contribution in [-0.4, -0.2) is 9.97 Å². The third kappa shape index (κ3) is 6.08. The van der Waals surface area contributed by atoms with Gasteiger partial charge in [0.25, 0.3) is 0 Å². The molecule has 0 aliphatic rings. The van der Waals surface area contributed by atoms with Gasteiger partial charge < -0.3 is 0 Å². The van der Waals surface area contributed by atoms with Crippen LogP contribution in [0.15, 0.2) is 158 Å². The van der Waals surface area contributed by atoms with Crippen LogP contribution in [-0.2, 0) is 6.18 Å². The predicted octanol–water partition coefficient (Wildman–Crippen LogP) is 11.8. The maximum atomic E-state index is 14.8. The standard InChI is InChI=1S/C42H29F3N2/c1-28-13-10-22-36(42(43,44)45)39(28)35-27-38(33-20-11-18-31(25-33)29-14-4-2-5-15-29)47-41(30-16-6-3-7-17-30)40(35)34-21-12-19-32(26-34)37-23-8-9-24-46-37/h2-27H,1H3. The number of pyridine rings is 2. The van der Waals surface area contributed by atoms with Gasteiger partial charge in [-0.05, 0) is 76.7 Å². The largest absolute Gasteiger partial charge is 0.417 e. The van der Waals surface area contributed by atoms with Crippen molar-refractivity contribution >= 4 is 0 Å². The van der Waals surface area contributed by atoms with Gasteiger partial charge in [0.15, 0.2) is 0 Å². The molecule has 0 unspecified atom stereocenters. The molecule has 0 spiro atoms. The maximum Gasteiger partial charge on any atom is 0.417 e. The Morgan fingerprint density at radius 2 is 1.04 bits per heavy atom. The van der Waals surface area contributed by atoms with Crippen LogP contribution in [0.2, 0.25) is 0 Å². The Kier molecular flexibility index (Phi) is 7.96. The van der Waals surface area contributed by atoms with Gasteiger partial charge in [-0.3, -0.25) is 4.98 Å². The second-order valence-electron chi connectivity index (χ2n) is 11.4. The van der Waals surface area contributed by atoms with E-state index in [-0.39, 0.29) is 5.56 Å². The fourth-order valence-corrected chi connectivity index (χ4v) is 6.10. The Morgan fingerprint density at radius 1 is 0.468 bits per heavy atom. The average molecular weight is 619 g/mol. The third-order valence-electron chi connectivity index (χ3n) is 8.29. The Morgan fingerprint density at radius 3 is 1.72 bits per heavy atom. The molecule has 228 valence electrons. The van der Waals surface area contributed by atoms with Crippen LogP contribution in [0.4, 0.5) is 13.2 Å². The highest BCUT2D eigenvalue weighted by Crippen LogP contribution is 2.47. The first-order valence-electron chi connectivity index (χ1n) is 15.3. The molecule has 7 rings (SSSR count). The zero-order chi connectivity index (χ0) is 32.4. The van der Waals surface area contributed by atoms with Gasteiger partial charge in [0.2, 0.25) is 0 Å². The van der Waals surface area contributed by atoms with E-state index in [0.717, 1.165) is 45.1 Å². The first-order valence-corrected chi connectivity index (χ1v) is 15.3. The Hall–Kier alpha value is -5.81. The maximum absolute atomic E-state index is 14.8. The number of alkyl halides is 3. The lowest BCUT2D eigenvalue weighted by molar-refractivity contribution is -0.137. The molecule has 2 aromatic heterocycles. The molecule has 0 saturated carbocycles. The van der Waals surface area contributed by atoms with Crippen molar-refractivity contribution in [3.05, 3.63) is 169 Å². The minimum absolute atomic E-state index is 0.137. The highest BCUT2D eigenvalue weighted by Gasteiger charge is 2.35. The van der Waals surface area contributed by atoms with Crippen LogP contribution in [0.25, 0.3) is 67.2 Å². The summed E-state index contributed by atoms with van der Waals surface area (Å²) in [4.78, 5) is 9.77. The molecule has 7 aromatic rings. The Balaban J connectivity index is 1.57. The van der Waals surface area contributed by atoms with Crippen molar-refractivity contribution in [1.82, 2.24) is 9.97 Å². The van der Waals surface area contributed by atoms with E-state index in [2.05, 4.69) is 4.98 Å². The first kappa shape index (κ1) is 29.9. The zero-order valence-corrected chi connectivity index (χ0v) is 25.5. The lowest BCUT2D eigenvalue weighted by Gasteiger charge is -2.22. The lowest BCUT2D eigenvalue weighted by atomic mass is 9.85. The summed E-state index contributed by atoms with van der Waals surface area (Å²) in [7, 11) is 0. The molecular weight excluding hydrogens is 589 g/mol. The van der Waals surface area contributed by atoms with E-state index in [9.17, 15) is 13.2 Å². The molecule has 0 amide bonds. The molecule has 0 radical (unpaired) electrons. The second kappa shape index (κ2) is 12.5. The summed E-state index contributed by atoms with van der Waals surface area (Å²) < 4.78 is 44.4. The van der Waals surface area contributed by atoms with E-state index in [0.29, 0.717) is 28.1 Å². The number of hydrogen-bond acceptors (Lipinski definition) is 2. The van der Waals surface area contributed by atoms with Crippen LogP contribution in [0.5, 0.6) is 0 Å². The molecule has 0 fully saturated rings. The van der Waals surface area contributed by atoms with E-state index in [1.807, 2.05) is 133 Å². The normalized spacial score (nSPS) is 11.4. The first-order chi connectivity index (χ1) is 22.9. The van der Waals surface area contributed by atoms with Crippen LogP contribution < -0.4 is 0 Å². The summed E-state index contributed by atoms with van der Waals surface area (Å²) in [5.41, 5.74) is 8.25. The highest BCUT2D eigenvalue weighted by molar-refractivity contribution is 5.97. The molecule has 0 bridgehead atoms. The van der Waals surface area contributed by atoms with Crippen LogP contribution in [0, 0.1) is 6.92 Å². The molecule has 0 aliphatic carbocycles. The van der Waals surface area contributed by atoms with Crippen molar-refractivity contribution in [3.8, 4) is 67.2 Å². The van der Waals surface area contributed by atoms with E-state index in [1.165, 1.54) is 6.07 Å². The van der Waals surface area contributed by atoms with Gasteiger partial charge >= 0.3 is 6.18 Å². The number of aryl methyl sites for hydroxylation is 1. The molecule has 0 aliphatic heterocycles. The van der Waals surface area contributed by atoms with E-state index in [1.54, 1.807) is 19.2 Å². The number of benzene rings is 5. The molecular formula is C42H29F3N2. The molecule has 47 heavy (non-hydrogen) atoms. The summed E-state index contributed by atoms with van der Waals surface area (Å²) in [5.74, 6) is 0. The van der Waals surface area contributed by atoms with Gasteiger partial charge in [-0.25, -0.2) is 4.98 Å². The van der Waals surface area contributed by atoms with Crippen molar-refractivity contribution in [2.75, 3.05) is 0 Å². The van der Waals surface area contributed by atoms with Crippen LogP contribution in [0.1, 0.15) is 11.1 Å². The van der Waals surface area contributed by atoms with Gasteiger partial charge in [0.1, 0.15) is 0 Å². The summed E-state index contributed by atoms with van der Waals surface area (Å²) in [6.45, 7) is 1.73. The van der Waals surface area contributed by atoms with Crippen LogP contribution >= 0.6 is 0 Å². The minimum atomic E-state index is -4.57. The molecule has 0 N–H and O–H groups in total. The Labute approximate surface area is 271 Å². The monoisotopic (exact) mass is 618 g/mol. The fourth-order valence-electron chi connectivity index (χ4n) is 6.10. The number of halogens is 3. The van der Waals surface area contributed by atoms with E-state index >= 15 is 0 Å². The SMILES string of the molecule is Cc1cccc(C(F)(F)F)c1-c1cc(-c2cccc(-c3ccccc3)c2)nc(-c2ccccc2)c1-c1cccc(-c2ccccn2)c1. The predicted molar refractivity (Wildman–Crippen MR) is 184 cm³/mol. The van der Waals surface area contributed by atoms with Crippen molar-refractivity contribution in [3.63, 3.8) is 0 Å². The van der Waals surface area contributed by atoms with Gasteiger partial charge in [-0.2, -0.15) is 13.2 Å². The lowest BCUT2D eigenvalue weighted by Crippen LogP contribution is -2.09. The van der Waals surface area contributed by atoms with E-state index < -0.39 is 11.7 Å². The molecule has 5 aromatic carbocycles. The number of aromatic nitrogens is 2. The molecule has 5 heteroatoms. The summed E-state index contributed by atoms with van der Waals surface area (Å²) >= 11 is 0. The highest BCUT2D eigenvalue weighted by atomic mass is 19.4. The Bertz CT molecular complexity index is 2180. The number of rotatable bonds is 6. The summed E-state index contributed by atoms with van der Waals surface area (Å²) in [6, 6.07) is 47.3. The van der Waals surface area contributed by atoms with Crippen molar-refractivity contribution in [2.24, 2.45) is 0 Å². The third-order valence-corrected chi connectivity index (χ3v) is 8.29. The van der Waals surface area contributed by atoms with E-state index in [4.69, 9.17) is 4.98 Å². The molecule has 0 atom stereocenters. The second-order valence-corrected chi connectivity index (χ2v) is 11.4.